The largest absolute Gasteiger partial charge is 0.396 e. The van der Waals surface area contributed by atoms with Crippen molar-refractivity contribution in [2.75, 3.05) is 6.61 Å². The van der Waals surface area contributed by atoms with Crippen molar-refractivity contribution in [3.63, 3.8) is 0 Å². The van der Waals surface area contributed by atoms with E-state index in [1.807, 2.05) is 6.92 Å². The molecule has 2 heteroatoms. The first-order chi connectivity index (χ1) is 7.92. The molecule has 0 aliphatic heterocycles. The molecule has 3 saturated carbocycles. The fraction of sp³-hybridized carbons (Fsp3) is 1.00. The van der Waals surface area contributed by atoms with E-state index in [1.54, 1.807) is 0 Å². The Morgan fingerprint density at radius 2 is 1.82 bits per heavy atom. The van der Waals surface area contributed by atoms with E-state index in [9.17, 15) is 10.2 Å². The van der Waals surface area contributed by atoms with Gasteiger partial charge in [0.05, 0.1) is 5.60 Å². The maximum Gasteiger partial charge on any atom is 0.0650 e. The van der Waals surface area contributed by atoms with Crippen molar-refractivity contribution < 1.29 is 10.2 Å². The standard InChI is InChI=1S/C15H26O2/c1-9-4-5-10-12(9)13-11(14(13,2)8-16)6-7-15(10,3)17/h9-13,16-17H,4-8H2,1-3H3/t9-,10-,11-,12-,13-,14+,15+/m1/s1. The maximum atomic E-state index is 10.7. The zero-order valence-electron chi connectivity index (χ0n) is 11.3. The van der Waals surface area contributed by atoms with Crippen LogP contribution in [0.1, 0.15) is 46.5 Å². The van der Waals surface area contributed by atoms with E-state index in [-0.39, 0.29) is 5.41 Å². The van der Waals surface area contributed by atoms with Crippen LogP contribution in [0, 0.1) is 35.0 Å². The average molecular weight is 238 g/mol. The van der Waals surface area contributed by atoms with E-state index in [2.05, 4.69) is 13.8 Å². The van der Waals surface area contributed by atoms with Gasteiger partial charge in [0.25, 0.3) is 0 Å². The van der Waals surface area contributed by atoms with Gasteiger partial charge in [-0.25, -0.2) is 0 Å². The summed E-state index contributed by atoms with van der Waals surface area (Å²) in [6, 6.07) is 0. The van der Waals surface area contributed by atoms with Gasteiger partial charge in [-0.15, -0.1) is 0 Å². The quantitative estimate of drug-likeness (QED) is 0.736. The van der Waals surface area contributed by atoms with E-state index in [0.29, 0.717) is 30.3 Å². The molecule has 0 aromatic carbocycles. The summed E-state index contributed by atoms with van der Waals surface area (Å²) in [5.41, 5.74) is -0.294. The Balaban J connectivity index is 1.93. The van der Waals surface area contributed by atoms with Crippen molar-refractivity contribution in [2.45, 2.75) is 52.1 Å². The van der Waals surface area contributed by atoms with Crippen molar-refractivity contribution in [2.24, 2.45) is 35.0 Å². The third kappa shape index (κ3) is 1.46. The lowest BCUT2D eigenvalue weighted by molar-refractivity contribution is -0.0327. The van der Waals surface area contributed by atoms with Crippen molar-refractivity contribution in [1.29, 1.82) is 0 Å². The summed E-state index contributed by atoms with van der Waals surface area (Å²) >= 11 is 0. The van der Waals surface area contributed by atoms with Crippen molar-refractivity contribution in [1.82, 2.24) is 0 Å². The summed E-state index contributed by atoms with van der Waals surface area (Å²) in [5, 5.41) is 20.3. The second-order valence-corrected chi connectivity index (χ2v) is 7.43. The van der Waals surface area contributed by atoms with Crippen LogP contribution in [0.2, 0.25) is 0 Å². The molecule has 0 saturated heterocycles. The highest BCUT2D eigenvalue weighted by Gasteiger charge is 2.68. The normalized spacial score (nSPS) is 61.6. The maximum absolute atomic E-state index is 10.7. The summed E-state index contributed by atoms with van der Waals surface area (Å²) in [4.78, 5) is 0. The molecule has 0 aromatic heterocycles. The molecule has 0 heterocycles. The first-order valence-electron chi connectivity index (χ1n) is 7.25. The van der Waals surface area contributed by atoms with E-state index < -0.39 is 5.60 Å². The Bertz CT molecular complexity index is 325. The van der Waals surface area contributed by atoms with Gasteiger partial charge in [-0.2, -0.15) is 0 Å². The Labute approximate surface area is 104 Å². The SMILES string of the molecule is C[C@@H]1CC[C@@H]2[C@@H]1[C@H]1[C@@H](CC[C@]2(C)O)[C@]1(C)CO. The monoisotopic (exact) mass is 238 g/mol. The second-order valence-electron chi connectivity index (χ2n) is 7.43. The first-order valence-corrected chi connectivity index (χ1v) is 7.25. The lowest BCUT2D eigenvalue weighted by Gasteiger charge is -2.35. The summed E-state index contributed by atoms with van der Waals surface area (Å²) in [7, 11) is 0. The Morgan fingerprint density at radius 1 is 1.12 bits per heavy atom. The number of fused-ring (bicyclic) bond motifs is 3. The second kappa shape index (κ2) is 3.48. The van der Waals surface area contributed by atoms with Crippen LogP contribution in [0.3, 0.4) is 0 Å². The fourth-order valence-corrected chi connectivity index (χ4v) is 5.33. The van der Waals surface area contributed by atoms with Crippen molar-refractivity contribution in [3.8, 4) is 0 Å². The van der Waals surface area contributed by atoms with E-state index in [1.165, 1.54) is 12.8 Å². The molecular formula is C15H26O2. The van der Waals surface area contributed by atoms with Gasteiger partial charge >= 0.3 is 0 Å². The van der Waals surface area contributed by atoms with Gasteiger partial charge in [0.1, 0.15) is 0 Å². The van der Waals surface area contributed by atoms with Gasteiger partial charge in [0.2, 0.25) is 0 Å². The minimum absolute atomic E-state index is 0.165. The molecule has 3 aliphatic rings. The Morgan fingerprint density at radius 3 is 2.47 bits per heavy atom. The molecule has 0 amide bonds. The first kappa shape index (κ1) is 12.0. The summed E-state index contributed by atoms with van der Waals surface area (Å²) < 4.78 is 0. The summed E-state index contributed by atoms with van der Waals surface area (Å²) in [5.74, 6) is 3.18. The minimum Gasteiger partial charge on any atom is -0.396 e. The van der Waals surface area contributed by atoms with Crippen LogP contribution in [-0.4, -0.2) is 22.4 Å². The molecule has 2 N–H and O–H groups in total. The van der Waals surface area contributed by atoms with Crippen LogP contribution in [0.15, 0.2) is 0 Å². The molecule has 3 fully saturated rings. The molecular weight excluding hydrogens is 212 g/mol. The topological polar surface area (TPSA) is 40.5 Å². The van der Waals surface area contributed by atoms with Crippen molar-refractivity contribution in [3.05, 3.63) is 0 Å². The lowest BCUT2D eigenvalue weighted by atomic mass is 9.74. The van der Waals surface area contributed by atoms with Crippen LogP contribution in [0.25, 0.3) is 0 Å². The van der Waals surface area contributed by atoms with Crippen LogP contribution in [0.4, 0.5) is 0 Å². The number of aliphatic hydroxyl groups excluding tert-OH is 1. The van der Waals surface area contributed by atoms with Gasteiger partial charge < -0.3 is 10.2 Å². The van der Waals surface area contributed by atoms with Gasteiger partial charge in [-0.3, -0.25) is 0 Å². The van der Waals surface area contributed by atoms with Gasteiger partial charge in [-0.1, -0.05) is 20.3 Å². The number of hydrogen-bond donors (Lipinski definition) is 2. The Hall–Kier alpha value is -0.0800. The van der Waals surface area contributed by atoms with E-state index in [0.717, 1.165) is 18.8 Å². The highest BCUT2D eigenvalue weighted by atomic mass is 16.3. The number of hydrogen-bond acceptors (Lipinski definition) is 2. The number of rotatable bonds is 1. The predicted octanol–water partition coefficient (Wildman–Crippen LogP) is 2.44. The minimum atomic E-state index is -0.459. The molecule has 17 heavy (non-hydrogen) atoms. The smallest absolute Gasteiger partial charge is 0.0650 e. The lowest BCUT2D eigenvalue weighted by Crippen LogP contribution is -2.38. The molecule has 3 aliphatic carbocycles. The van der Waals surface area contributed by atoms with Crippen molar-refractivity contribution >= 4 is 0 Å². The molecule has 98 valence electrons. The summed E-state index contributed by atoms with van der Waals surface area (Å²) in [6.45, 7) is 6.98. The highest BCUT2D eigenvalue weighted by molar-refractivity contribution is 5.16. The molecule has 0 spiro atoms. The van der Waals surface area contributed by atoms with Gasteiger partial charge in [-0.05, 0) is 61.2 Å². The number of aliphatic hydroxyl groups is 2. The van der Waals surface area contributed by atoms with Crippen LogP contribution in [0.5, 0.6) is 0 Å². The third-order valence-corrected chi connectivity index (χ3v) is 6.50. The molecule has 2 nitrogen and oxygen atoms in total. The van der Waals surface area contributed by atoms with E-state index in [4.69, 9.17) is 0 Å². The van der Waals surface area contributed by atoms with Crippen LogP contribution in [-0.2, 0) is 0 Å². The molecule has 0 radical (unpaired) electrons. The van der Waals surface area contributed by atoms with E-state index >= 15 is 0 Å². The zero-order valence-corrected chi connectivity index (χ0v) is 11.3. The molecule has 0 aromatic rings. The molecule has 0 unspecified atom stereocenters. The zero-order chi connectivity index (χ0) is 12.4. The summed E-state index contributed by atoms with van der Waals surface area (Å²) in [6.07, 6.45) is 4.48. The van der Waals surface area contributed by atoms with Crippen LogP contribution >= 0.6 is 0 Å². The van der Waals surface area contributed by atoms with Crippen LogP contribution < -0.4 is 0 Å². The predicted molar refractivity (Wildman–Crippen MR) is 67.4 cm³/mol. The third-order valence-electron chi connectivity index (χ3n) is 6.50. The molecule has 7 atom stereocenters. The van der Waals surface area contributed by atoms with Gasteiger partial charge in [0.15, 0.2) is 0 Å². The molecule has 0 bridgehead atoms. The van der Waals surface area contributed by atoms with Gasteiger partial charge in [0, 0.05) is 6.61 Å². The average Bonchev–Trinajstić information content (AvgIpc) is 2.70. The molecule has 3 rings (SSSR count). The fourth-order valence-electron chi connectivity index (χ4n) is 5.33. The Kier molecular flexibility index (Phi) is 2.45. The highest BCUT2D eigenvalue weighted by Crippen LogP contribution is 2.71.